The Morgan fingerprint density at radius 3 is 2.77 bits per heavy atom. The van der Waals surface area contributed by atoms with E-state index in [9.17, 15) is 14.4 Å². The lowest BCUT2D eigenvalue weighted by Crippen LogP contribution is -2.50. The number of carbonyl (C=O) groups is 3. The summed E-state index contributed by atoms with van der Waals surface area (Å²) in [4.78, 5) is 34.9. The molecule has 140 valence electrons. The lowest BCUT2D eigenvalue weighted by atomic mass is 9.47. The van der Waals surface area contributed by atoms with Crippen molar-refractivity contribution in [3.05, 3.63) is 23.3 Å². The molecule has 0 spiro atoms. The zero-order chi connectivity index (χ0) is 18.5. The molecule has 26 heavy (non-hydrogen) atoms. The summed E-state index contributed by atoms with van der Waals surface area (Å²) in [6, 6.07) is 0. The maximum absolute atomic E-state index is 12.6. The Morgan fingerprint density at radius 1 is 1.19 bits per heavy atom. The van der Waals surface area contributed by atoms with Crippen LogP contribution in [0.3, 0.4) is 0 Å². The third-order valence-electron chi connectivity index (χ3n) is 8.13. The van der Waals surface area contributed by atoms with Crippen LogP contribution < -0.4 is 0 Å². The number of carbonyl (C=O) groups excluding carboxylic acids is 3. The minimum Gasteiger partial charge on any atom is -0.460 e. The average molecular weight is 356 g/mol. The maximum Gasteiger partial charge on any atom is 0.293 e. The fourth-order valence-corrected chi connectivity index (χ4v) is 6.75. The minimum absolute atomic E-state index is 0.0357. The minimum atomic E-state index is -0.140. The fraction of sp³-hybridized carbons (Fsp3) is 0.682. The van der Waals surface area contributed by atoms with Crippen molar-refractivity contribution in [2.24, 2.45) is 28.6 Å². The molecule has 2 fully saturated rings. The zero-order valence-electron chi connectivity index (χ0n) is 15.8. The number of ketones is 2. The van der Waals surface area contributed by atoms with Crippen LogP contribution in [0.2, 0.25) is 0 Å². The van der Waals surface area contributed by atoms with Gasteiger partial charge in [0.05, 0.1) is 0 Å². The normalized spacial score (nSPS) is 41.3. The third kappa shape index (κ3) is 2.44. The number of allylic oxidation sites excluding steroid dienone is 3. The van der Waals surface area contributed by atoms with Crippen molar-refractivity contribution in [3.8, 4) is 0 Å². The number of hydrogen-bond acceptors (Lipinski definition) is 4. The quantitative estimate of drug-likeness (QED) is 0.719. The number of ether oxygens (including phenoxy) is 1. The molecule has 0 bridgehead atoms. The van der Waals surface area contributed by atoms with Crippen LogP contribution in [0.4, 0.5) is 0 Å². The van der Waals surface area contributed by atoms with E-state index in [1.807, 2.05) is 6.08 Å². The van der Waals surface area contributed by atoms with Gasteiger partial charge < -0.3 is 4.74 Å². The Labute approximate surface area is 155 Å². The molecule has 0 saturated heterocycles. The molecule has 2 saturated carbocycles. The second kappa shape index (κ2) is 6.17. The smallest absolute Gasteiger partial charge is 0.293 e. The van der Waals surface area contributed by atoms with Crippen LogP contribution in [-0.2, 0) is 19.1 Å². The standard InChI is InChI=1S/C22H28O4/c1-21-9-7-15(24)11-14(21)3-4-16-17-5-6-19(20(25)12-26-13-23)22(17,2)10-8-18(16)21/h6,11,13,16-18H,3-5,7-10,12H2,1-2H3/t16-,17-,18-,21-,22-/m0/s1. The van der Waals surface area contributed by atoms with Crippen LogP contribution in [0.5, 0.6) is 0 Å². The molecule has 4 rings (SSSR count). The van der Waals surface area contributed by atoms with E-state index in [2.05, 4.69) is 19.9 Å². The Balaban J connectivity index is 1.59. The Morgan fingerprint density at radius 2 is 2.00 bits per heavy atom. The second-order valence-corrected chi connectivity index (χ2v) is 9.11. The van der Waals surface area contributed by atoms with Crippen LogP contribution in [-0.4, -0.2) is 24.6 Å². The van der Waals surface area contributed by atoms with Gasteiger partial charge in [-0.3, -0.25) is 14.4 Å². The summed E-state index contributed by atoms with van der Waals surface area (Å²) in [6.07, 6.45) is 10.9. The summed E-state index contributed by atoms with van der Waals surface area (Å²) in [6.45, 7) is 4.82. The first-order valence-electron chi connectivity index (χ1n) is 9.93. The van der Waals surface area contributed by atoms with Gasteiger partial charge in [0, 0.05) is 12.0 Å². The Bertz CT molecular complexity index is 718. The molecule has 0 aromatic carbocycles. The summed E-state index contributed by atoms with van der Waals surface area (Å²) in [5, 5.41) is 0. The zero-order valence-corrected chi connectivity index (χ0v) is 15.8. The molecular weight excluding hydrogens is 328 g/mol. The highest BCUT2D eigenvalue weighted by Crippen LogP contribution is 2.65. The van der Waals surface area contributed by atoms with Crippen LogP contribution in [0.25, 0.3) is 0 Å². The van der Waals surface area contributed by atoms with E-state index in [1.165, 1.54) is 5.57 Å². The number of hydrogen-bond donors (Lipinski definition) is 0. The first-order valence-corrected chi connectivity index (χ1v) is 9.93. The molecule has 0 aromatic heterocycles. The van der Waals surface area contributed by atoms with Gasteiger partial charge in [0.15, 0.2) is 18.2 Å². The molecule has 4 aliphatic rings. The van der Waals surface area contributed by atoms with Crippen molar-refractivity contribution in [2.75, 3.05) is 6.61 Å². The van der Waals surface area contributed by atoms with E-state index >= 15 is 0 Å². The summed E-state index contributed by atoms with van der Waals surface area (Å²) in [7, 11) is 0. The first kappa shape index (κ1) is 17.7. The Hall–Kier alpha value is -1.71. The molecule has 0 heterocycles. The molecular formula is C22H28O4. The van der Waals surface area contributed by atoms with Gasteiger partial charge in [-0.2, -0.15) is 0 Å². The molecule has 4 heteroatoms. The molecule has 5 atom stereocenters. The molecule has 0 radical (unpaired) electrons. The lowest BCUT2D eigenvalue weighted by molar-refractivity contribution is -0.135. The van der Waals surface area contributed by atoms with Gasteiger partial charge in [-0.15, -0.1) is 0 Å². The van der Waals surface area contributed by atoms with E-state index in [1.54, 1.807) is 0 Å². The number of rotatable bonds is 4. The van der Waals surface area contributed by atoms with Crippen molar-refractivity contribution in [3.63, 3.8) is 0 Å². The fourth-order valence-electron chi connectivity index (χ4n) is 6.75. The third-order valence-corrected chi connectivity index (χ3v) is 8.13. The van der Waals surface area contributed by atoms with Gasteiger partial charge in [-0.25, -0.2) is 0 Å². The van der Waals surface area contributed by atoms with Crippen LogP contribution in [0.15, 0.2) is 23.3 Å². The van der Waals surface area contributed by atoms with E-state index in [0.29, 0.717) is 36.4 Å². The molecule has 4 aliphatic carbocycles. The summed E-state index contributed by atoms with van der Waals surface area (Å²) in [5.74, 6) is 1.97. The van der Waals surface area contributed by atoms with Gasteiger partial charge in [0.1, 0.15) is 0 Å². The van der Waals surface area contributed by atoms with Gasteiger partial charge in [-0.1, -0.05) is 25.5 Å². The van der Waals surface area contributed by atoms with Crippen molar-refractivity contribution < 1.29 is 19.1 Å². The predicted molar refractivity (Wildman–Crippen MR) is 97.2 cm³/mol. The van der Waals surface area contributed by atoms with Gasteiger partial charge in [0.25, 0.3) is 6.47 Å². The summed E-state index contributed by atoms with van der Waals surface area (Å²) < 4.78 is 4.73. The number of Topliss-reactive ketones (excluding diaryl/α,β-unsaturated/α-hetero) is 1. The van der Waals surface area contributed by atoms with Crippen LogP contribution in [0, 0.1) is 28.6 Å². The predicted octanol–water partition coefficient (Wildman–Crippen LogP) is 3.80. The van der Waals surface area contributed by atoms with Gasteiger partial charge in [-0.05, 0) is 73.2 Å². The van der Waals surface area contributed by atoms with Crippen molar-refractivity contribution in [1.82, 2.24) is 0 Å². The highest BCUT2D eigenvalue weighted by Gasteiger charge is 2.57. The second-order valence-electron chi connectivity index (χ2n) is 9.11. The Kier molecular flexibility index (Phi) is 4.20. The molecule has 0 N–H and O–H groups in total. The monoisotopic (exact) mass is 356 g/mol. The van der Waals surface area contributed by atoms with E-state index in [4.69, 9.17) is 4.74 Å². The van der Waals surface area contributed by atoms with E-state index in [-0.39, 0.29) is 23.2 Å². The summed E-state index contributed by atoms with van der Waals surface area (Å²) in [5.41, 5.74) is 2.33. The SMILES string of the molecule is C[C@]12CCC(=O)C=C1CC[C@@H]1[C@@H]2CC[C@]2(C)C(C(=O)COC=O)=CC[C@@H]12. The van der Waals surface area contributed by atoms with Gasteiger partial charge >= 0.3 is 0 Å². The van der Waals surface area contributed by atoms with Crippen LogP contribution >= 0.6 is 0 Å². The summed E-state index contributed by atoms with van der Waals surface area (Å²) >= 11 is 0. The van der Waals surface area contributed by atoms with Crippen LogP contribution in [0.1, 0.15) is 58.8 Å². The molecule has 0 aromatic rings. The van der Waals surface area contributed by atoms with Crippen molar-refractivity contribution >= 4 is 18.0 Å². The maximum atomic E-state index is 12.6. The van der Waals surface area contributed by atoms with E-state index < -0.39 is 0 Å². The molecule has 4 nitrogen and oxygen atoms in total. The molecule has 0 amide bonds. The highest BCUT2D eigenvalue weighted by molar-refractivity contribution is 5.98. The van der Waals surface area contributed by atoms with Crippen molar-refractivity contribution in [2.45, 2.75) is 58.8 Å². The average Bonchev–Trinajstić information content (AvgIpc) is 2.97. The largest absolute Gasteiger partial charge is 0.460 e. The van der Waals surface area contributed by atoms with Gasteiger partial charge in [0.2, 0.25) is 0 Å². The van der Waals surface area contributed by atoms with Crippen molar-refractivity contribution in [1.29, 1.82) is 0 Å². The number of fused-ring (bicyclic) bond motifs is 5. The molecule has 0 aliphatic heterocycles. The lowest BCUT2D eigenvalue weighted by Gasteiger charge is -2.57. The topological polar surface area (TPSA) is 60.4 Å². The first-order chi connectivity index (χ1) is 12.4. The van der Waals surface area contributed by atoms with E-state index in [0.717, 1.165) is 44.1 Å². The highest BCUT2D eigenvalue weighted by atomic mass is 16.5. The molecule has 0 unspecified atom stereocenters.